The van der Waals surface area contributed by atoms with E-state index in [9.17, 15) is 5.11 Å². The van der Waals surface area contributed by atoms with Crippen LogP contribution in [0.3, 0.4) is 0 Å². The molecule has 1 nitrogen and oxygen atoms in total. The first-order valence-electron chi connectivity index (χ1n) is 4.92. The molecule has 0 heterocycles. The zero-order valence-electron chi connectivity index (χ0n) is 10.4. The van der Waals surface area contributed by atoms with E-state index in [0.717, 1.165) is 18.5 Å². The van der Waals surface area contributed by atoms with Crippen LogP contribution in [0.4, 0.5) is 0 Å². The van der Waals surface area contributed by atoms with Crippen molar-refractivity contribution in [3.8, 4) is 0 Å². The first kappa shape index (κ1) is 15.2. The molecule has 0 aliphatic heterocycles. The van der Waals surface area contributed by atoms with Crippen molar-refractivity contribution in [1.82, 2.24) is 0 Å². The SMILES string of the molecule is CP(C)CC(O)(CP(C)C)CP(C)C. The van der Waals surface area contributed by atoms with Crippen LogP contribution in [0.5, 0.6) is 0 Å². The second kappa shape index (κ2) is 6.75. The second-order valence-electron chi connectivity index (χ2n) is 4.94. The molecule has 0 radical (unpaired) electrons. The molecule has 0 bridgehead atoms. The number of hydrogen-bond donors (Lipinski definition) is 1. The molecule has 0 amide bonds. The predicted molar refractivity (Wildman–Crippen MR) is 75.9 cm³/mol. The van der Waals surface area contributed by atoms with Crippen molar-refractivity contribution in [3.05, 3.63) is 0 Å². The minimum Gasteiger partial charge on any atom is -0.389 e. The molecular formula is C10H25OP3. The molecule has 0 rings (SSSR count). The summed E-state index contributed by atoms with van der Waals surface area (Å²) in [5.74, 6) is 0. The molecule has 0 aromatic rings. The van der Waals surface area contributed by atoms with Gasteiger partial charge in [0.05, 0.1) is 5.60 Å². The Kier molecular flexibility index (Phi) is 7.35. The fourth-order valence-corrected chi connectivity index (χ4v) is 6.65. The van der Waals surface area contributed by atoms with Crippen LogP contribution in [-0.2, 0) is 0 Å². The zero-order valence-corrected chi connectivity index (χ0v) is 13.1. The van der Waals surface area contributed by atoms with E-state index in [1.54, 1.807) is 0 Å². The summed E-state index contributed by atoms with van der Waals surface area (Å²) in [5.41, 5.74) is -0.348. The highest BCUT2D eigenvalue weighted by Gasteiger charge is 2.29. The average Bonchev–Trinajstić information content (AvgIpc) is 1.76. The molecule has 0 aromatic heterocycles. The molecule has 0 aliphatic carbocycles. The predicted octanol–water partition coefficient (Wildman–Crippen LogP) is 2.94. The Morgan fingerprint density at radius 3 is 1.07 bits per heavy atom. The van der Waals surface area contributed by atoms with Gasteiger partial charge in [0, 0.05) is 0 Å². The van der Waals surface area contributed by atoms with Gasteiger partial charge in [-0.05, 0) is 58.5 Å². The van der Waals surface area contributed by atoms with Crippen molar-refractivity contribution in [1.29, 1.82) is 0 Å². The fourth-order valence-electron chi connectivity index (χ4n) is 1.92. The van der Waals surface area contributed by atoms with Crippen LogP contribution in [-0.4, -0.2) is 69.2 Å². The lowest BCUT2D eigenvalue weighted by Gasteiger charge is -2.33. The van der Waals surface area contributed by atoms with Crippen LogP contribution < -0.4 is 0 Å². The third-order valence-electron chi connectivity index (χ3n) is 1.83. The Bertz CT molecular complexity index is 131. The summed E-state index contributed by atoms with van der Waals surface area (Å²) < 4.78 is 0. The summed E-state index contributed by atoms with van der Waals surface area (Å²) in [6.45, 7) is 13.6. The van der Waals surface area contributed by atoms with Crippen LogP contribution in [0.25, 0.3) is 0 Å². The number of rotatable bonds is 6. The van der Waals surface area contributed by atoms with Crippen molar-refractivity contribution >= 4 is 23.8 Å². The highest BCUT2D eigenvalue weighted by atomic mass is 31.1. The van der Waals surface area contributed by atoms with Gasteiger partial charge in [0.1, 0.15) is 0 Å². The van der Waals surface area contributed by atoms with Crippen molar-refractivity contribution in [2.24, 2.45) is 0 Å². The minimum atomic E-state index is -0.348. The van der Waals surface area contributed by atoms with E-state index in [0.29, 0.717) is 0 Å². The summed E-state index contributed by atoms with van der Waals surface area (Å²) in [7, 11) is 0.0633. The monoisotopic (exact) mass is 254 g/mol. The molecule has 4 heteroatoms. The summed E-state index contributed by atoms with van der Waals surface area (Å²) in [6.07, 6.45) is 3.09. The topological polar surface area (TPSA) is 20.2 Å². The summed E-state index contributed by atoms with van der Waals surface area (Å²) in [6, 6.07) is 0. The third kappa shape index (κ3) is 7.53. The zero-order chi connectivity index (χ0) is 11.4. The molecule has 0 unspecified atom stereocenters. The molecule has 1 N–H and O–H groups in total. The van der Waals surface area contributed by atoms with Crippen molar-refractivity contribution in [2.45, 2.75) is 5.60 Å². The van der Waals surface area contributed by atoms with E-state index in [1.807, 2.05) is 0 Å². The quantitative estimate of drug-likeness (QED) is 0.722. The van der Waals surface area contributed by atoms with Gasteiger partial charge in [-0.1, -0.05) is 0 Å². The molecule has 0 aliphatic rings. The molecule has 14 heavy (non-hydrogen) atoms. The molecule has 0 aromatic carbocycles. The highest BCUT2D eigenvalue weighted by molar-refractivity contribution is 7.58. The van der Waals surface area contributed by atoms with Crippen molar-refractivity contribution in [2.75, 3.05) is 58.5 Å². The fraction of sp³-hybridized carbons (Fsp3) is 1.00. The molecule has 0 saturated heterocycles. The Balaban J connectivity index is 4.32. The van der Waals surface area contributed by atoms with E-state index >= 15 is 0 Å². The average molecular weight is 254 g/mol. The first-order valence-corrected chi connectivity index (χ1v) is 12.2. The van der Waals surface area contributed by atoms with Gasteiger partial charge in [0.15, 0.2) is 0 Å². The van der Waals surface area contributed by atoms with Gasteiger partial charge < -0.3 is 5.11 Å². The van der Waals surface area contributed by atoms with Crippen LogP contribution >= 0.6 is 23.8 Å². The van der Waals surface area contributed by atoms with Gasteiger partial charge in [0.25, 0.3) is 0 Å². The maximum absolute atomic E-state index is 10.6. The Hall–Kier alpha value is 1.25. The summed E-state index contributed by atoms with van der Waals surface area (Å²) >= 11 is 0. The largest absolute Gasteiger partial charge is 0.389 e. The van der Waals surface area contributed by atoms with Gasteiger partial charge in [-0.3, -0.25) is 0 Å². The van der Waals surface area contributed by atoms with E-state index in [2.05, 4.69) is 40.0 Å². The lowest BCUT2D eigenvalue weighted by Crippen LogP contribution is -2.39. The van der Waals surface area contributed by atoms with E-state index in [-0.39, 0.29) is 29.4 Å². The van der Waals surface area contributed by atoms with Gasteiger partial charge >= 0.3 is 0 Å². The Labute approximate surface area is 93.3 Å². The Morgan fingerprint density at radius 2 is 0.929 bits per heavy atom. The van der Waals surface area contributed by atoms with Crippen molar-refractivity contribution < 1.29 is 5.11 Å². The third-order valence-corrected chi connectivity index (χ3v) is 5.49. The molecule has 0 saturated carbocycles. The first-order chi connectivity index (χ1) is 6.25. The number of aliphatic hydroxyl groups is 1. The molecule has 0 spiro atoms. The molecule has 0 atom stereocenters. The van der Waals surface area contributed by atoms with E-state index in [4.69, 9.17) is 0 Å². The van der Waals surface area contributed by atoms with Gasteiger partial charge in [-0.2, -0.15) is 0 Å². The van der Waals surface area contributed by atoms with Crippen LogP contribution in [0, 0.1) is 0 Å². The molecular weight excluding hydrogens is 229 g/mol. The molecule has 0 fully saturated rings. The summed E-state index contributed by atoms with van der Waals surface area (Å²) in [4.78, 5) is 0. The minimum absolute atomic E-state index is 0.0211. The van der Waals surface area contributed by atoms with Crippen LogP contribution in [0.1, 0.15) is 0 Å². The van der Waals surface area contributed by atoms with E-state index < -0.39 is 0 Å². The van der Waals surface area contributed by atoms with Gasteiger partial charge in [0.2, 0.25) is 0 Å². The second-order valence-corrected chi connectivity index (χ2v) is 12.4. The lowest BCUT2D eigenvalue weighted by molar-refractivity contribution is 0.114. The standard InChI is InChI=1S/C10H25OP3/c1-12(2)7-10(11,8-13(3)4)9-14(5)6/h11H,7-9H2,1-6H3. The van der Waals surface area contributed by atoms with Crippen molar-refractivity contribution in [3.63, 3.8) is 0 Å². The lowest BCUT2D eigenvalue weighted by atomic mass is 10.2. The maximum Gasteiger partial charge on any atom is 0.0764 e. The normalized spacial score (nSPS) is 13.3. The van der Waals surface area contributed by atoms with Gasteiger partial charge in [-0.25, -0.2) is 0 Å². The van der Waals surface area contributed by atoms with E-state index in [1.165, 1.54) is 0 Å². The number of hydrogen-bond acceptors (Lipinski definition) is 1. The Morgan fingerprint density at radius 1 is 0.714 bits per heavy atom. The maximum atomic E-state index is 10.6. The van der Waals surface area contributed by atoms with Gasteiger partial charge in [-0.15, -0.1) is 23.8 Å². The smallest absolute Gasteiger partial charge is 0.0764 e. The highest BCUT2D eigenvalue weighted by Crippen LogP contribution is 2.42. The molecule has 86 valence electrons. The van der Waals surface area contributed by atoms with Crippen LogP contribution in [0.15, 0.2) is 0 Å². The van der Waals surface area contributed by atoms with Crippen LogP contribution in [0.2, 0.25) is 0 Å². The summed E-state index contributed by atoms with van der Waals surface area (Å²) in [5, 5.41) is 10.6.